The minimum atomic E-state index is -0.375. The molecular weight excluding hydrogens is 396 g/mol. The van der Waals surface area contributed by atoms with Gasteiger partial charge in [-0.05, 0) is 54.1 Å². The van der Waals surface area contributed by atoms with Gasteiger partial charge < -0.3 is 24.4 Å². The van der Waals surface area contributed by atoms with Gasteiger partial charge in [-0.3, -0.25) is 4.79 Å². The molecule has 0 saturated heterocycles. The molecule has 0 aromatic heterocycles. The summed E-state index contributed by atoms with van der Waals surface area (Å²) in [6, 6.07) is 22.1. The number of carbonyl (C=O) groups is 1. The van der Waals surface area contributed by atoms with Crippen LogP contribution in [0.4, 0.5) is 0 Å². The zero-order chi connectivity index (χ0) is 22.1. The van der Waals surface area contributed by atoms with E-state index in [0.717, 1.165) is 17.1 Å². The van der Waals surface area contributed by atoms with Gasteiger partial charge in [-0.2, -0.15) is 0 Å². The number of nitrogens with one attached hydrogen (secondary N) is 1. The molecule has 7 heteroatoms. The number of likely N-dealkylation sites (N-methyl/N-ethyl adjacent to an activating group) is 1. The van der Waals surface area contributed by atoms with E-state index in [9.17, 15) is 4.79 Å². The highest BCUT2D eigenvalue weighted by atomic mass is 16.6. The fourth-order valence-corrected chi connectivity index (χ4v) is 2.84. The number of rotatable bonds is 9. The highest BCUT2D eigenvalue weighted by Gasteiger charge is 2.18. The second kappa shape index (κ2) is 10.7. The van der Waals surface area contributed by atoms with Crippen molar-refractivity contribution >= 4 is 11.6 Å². The van der Waals surface area contributed by atoms with Gasteiger partial charge in [0.15, 0.2) is 5.71 Å². The molecule has 0 aliphatic carbocycles. The molecule has 160 valence electrons. The summed E-state index contributed by atoms with van der Waals surface area (Å²) >= 11 is 0. The van der Waals surface area contributed by atoms with Gasteiger partial charge >= 0.3 is 0 Å². The first-order chi connectivity index (χ1) is 15.1. The average molecular weight is 420 g/mol. The summed E-state index contributed by atoms with van der Waals surface area (Å²) in [5, 5.41) is 6.41. The maximum Gasteiger partial charge on any atom is 0.273 e. The van der Waals surface area contributed by atoms with E-state index in [0.29, 0.717) is 23.7 Å². The van der Waals surface area contributed by atoms with Crippen LogP contribution in [0, 0.1) is 0 Å². The van der Waals surface area contributed by atoms with Crippen LogP contribution in [0.3, 0.4) is 0 Å². The lowest BCUT2D eigenvalue weighted by Crippen LogP contribution is -2.28. The smallest absolute Gasteiger partial charge is 0.273 e. The molecule has 0 saturated carbocycles. The summed E-state index contributed by atoms with van der Waals surface area (Å²) in [6.45, 7) is 0.375. The second-order valence-corrected chi connectivity index (χ2v) is 6.41. The minimum Gasteiger partial charge on any atom is -0.497 e. The Morgan fingerprint density at radius 3 is 2.35 bits per heavy atom. The molecule has 0 atom stereocenters. The van der Waals surface area contributed by atoms with Crippen LogP contribution < -0.4 is 19.5 Å². The van der Waals surface area contributed by atoms with Crippen LogP contribution in [0.2, 0.25) is 0 Å². The number of amides is 1. The molecule has 3 aromatic rings. The van der Waals surface area contributed by atoms with E-state index in [-0.39, 0.29) is 11.6 Å². The van der Waals surface area contributed by atoms with Gasteiger partial charge in [-0.25, -0.2) is 0 Å². The highest BCUT2D eigenvalue weighted by molar-refractivity contribution is 6.45. The summed E-state index contributed by atoms with van der Waals surface area (Å²) in [6.07, 6.45) is 0. The third-order valence-corrected chi connectivity index (χ3v) is 4.36. The van der Waals surface area contributed by atoms with Gasteiger partial charge in [0.2, 0.25) is 0 Å². The molecule has 0 radical (unpaired) electrons. The number of nitrogens with zero attached hydrogens (tertiary/aromatic N) is 1. The quantitative estimate of drug-likeness (QED) is 0.415. The number of hydrogen-bond donors (Lipinski definition) is 1. The molecule has 0 fully saturated rings. The van der Waals surface area contributed by atoms with Crippen LogP contribution in [0.1, 0.15) is 11.1 Å². The van der Waals surface area contributed by atoms with E-state index in [4.69, 9.17) is 19.0 Å². The van der Waals surface area contributed by atoms with E-state index >= 15 is 0 Å². The largest absolute Gasteiger partial charge is 0.497 e. The number of ether oxygens (including phenoxy) is 3. The lowest BCUT2D eigenvalue weighted by Gasteiger charge is -2.13. The van der Waals surface area contributed by atoms with E-state index in [1.54, 1.807) is 25.3 Å². The van der Waals surface area contributed by atoms with E-state index in [1.807, 2.05) is 54.6 Å². The lowest BCUT2D eigenvalue weighted by atomic mass is 10.1. The normalized spacial score (nSPS) is 10.9. The second-order valence-electron chi connectivity index (χ2n) is 6.41. The summed E-state index contributed by atoms with van der Waals surface area (Å²) < 4.78 is 17.1. The van der Waals surface area contributed by atoms with Crippen LogP contribution in [0.25, 0.3) is 0 Å². The van der Waals surface area contributed by atoms with Crippen LogP contribution in [-0.2, 0) is 16.2 Å². The maximum absolute atomic E-state index is 12.2. The summed E-state index contributed by atoms with van der Waals surface area (Å²) in [7, 11) is 4.54. The molecule has 0 aliphatic heterocycles. The molecule has 3 rings (SSSR count). The molecule has 0 bridgehead atoms. The summed E-state index contributed by atoms with van der Waals surface area (Å²) in [4.78, 5) is 17.1. The Bertz CT molecular complexity index is 1050. The maximum atomic E-state index is 12.2. The van der Waals surface area contributed by atoms with Crippen molar-refractivity contribution in [3.05, 3.63) is 83.9 Å². The van der Waals surface area contributed by atoms with Crippen LogP contribution in [0.15, 0.2) is 78.0 Å². The van der Waals surface area contributed by atoms with Crippen molar-refractivity contribution in [1.82, 2.24) is 5.32 Å². The molecule has 31 heavy (non-hydrogen) atoms. The lowest BCUT2D eigenvalue weighted by molar-refractivity contribution is -0.114. The van der Waals surface area contributed by atoms with Gasteiger partial charge in [-0.15, -0.1) is 0 Å². The predicted molar refractivity (Wildman–Crippen MR) is 118 cm³/mol. The molecule has 0 aliphatic rings. The van der Waals surface area contributed by atoms with Crippen molar-refractivity contribution in [3.63, 3.8) is 0 Å². The van der Waals surface area contributed by atoms with Gasteiger partial charge in [0.25, 0.3) is 5.91 Å². The summed E-state index contributed by atoms with van der Waals surface area (Å²) in [5.41, 5.74) is 1.58. The Morgan fingerprint density at radius 2 is 1.65 bits per heavy atom. The third kappa shape index (κ3) is 5.76. The SMILES string of the molecule is CNC(=O)/C(=N/OC)c1ccccc1Oc1cccc(COc2ccc(OC)cc2)c1. The monoisotopic (exact) mass is 420 g/mol. The van der Waals surface area contributed by atoms with Gasteiger partial charge in [0.1, 0.15) is 36.7 Å². The van der Waals surface area contributed by atoms with Gasteiger partial charge in [0.05, 0.1) is 12.7 Å². The topological polar surface area (TPSA) is 78.4 Å². The minimum absolute atomic E-state index is 0.125. The number of hydrogen-bond acceptors (Lipinski definition) is 6. The van der Waals surface area contributed by atoms with Gasteiger partial charge in [0, 0.05) is 7.05 Å². The van der Waals surface area contributed by atoms with Crippen molar-refractivity contribution in [3.8, 4) is 23.0 Å². The van der Waals surface area contributed by atoms with Crippen molar-refractivity contribution in [2.24, 2.45) is 5.16 Å². The zero-order valence-electron chi connectivity index (χ0n) is 17.6. The fraction of sp³-hybridized carbons (Fsp3) is 0.167. The summed E-state index contributed by atoms with van der Waals surface area (Å²) in [5.74, 6) is 2.23. The highest BCUT2D eigenvalue weighted by Crippen LogP contribution is 2.27. The molecule has 0 unspecified atom stereocenters. The van der Waals surface area contributed by atoms with E-state index < -0.39 is 0 Å². The Hall–Kier alpha value is -4.00. The zero-order valence-corrected chi connectivity index (χ0v) is 17.6. The molecular formula is C24H24N2O5. The van der Waals surface area contributed by atoms with E-state index in [1.165, 1.54) is 14.2 Å². The molecule has 1 N–H and O–H groups in total. The predicted octanol–water partition coefficient (Wildman–Crippen LogP) is 4.16. The number of carbonyl (C=O) groups excluding carboxylic acids is 1. The first kappa shape index (κ1) is 21.7. The first-order valence-corrected chi connectivity index (χ1v) is 9.61. The van der Waals surface area contributed by atoms with Crippen LogP contribution in [-0.4, -0.2) is 32.9 Å². The molecule has 3 aromatic carbocycles. The number of methoxy groups -OCH3 is 1. The number of para-hydroxylation sites is 1. The van der Waals surface area contributed by atoms with Crippen molar-refractivity contribution < 1.29 is 23.8 Å². The number of benzene rings is 3. The third-order valence-electron chi connectivity index (χ3n) is 4.36. The first-order valence-electron chi connectivity index (χ1n) is 9.61. The molecule has 7 nitrogen and oxygen atoms in total. The van der Waals surface area contributed by atoms with Crippen molar-refractivity contribution in [1.29, 1.82) is 0 Å². The van der Waals surface area contributed by atoms with Crippen LogP contribution >= 0.6 is 0 Å². The fourth-order valence-electron chi connectivity index (χ4n) is 2.84. The standard InChI is InChI=1S/C24H24N2O5/c1-25-24(27)23(26-29-3)21-9-4-5-10-22(21)31-20-8-6-7-17(15-20)16-30-19-13-11-18(28-2)12-14-19/h4-15H,16H2,1-3H3,(H,25,27)/b26-23+. The van der Waals surface area contributed by atoms with E-state index in [2.05, 4.69) is 10.5 Å². The Balaban J connectivity index is 1.76. The van der Waals surface area contributed by atoms with Crippen molar-refractivity contribution in [2.75, 3.05) is 21.3 Å². The Kier molecular flexibility index (Phi) is 7.48. The van der Waals surface area contributed by atoms with Crippen LogP contribution in [0.5, 0.6) is 23.0 Å². The van der Waals surface area contributed by atoms with Crippen molar-refractivity contribution in [2.45, 2.75) is 6.61 Å². The molecule has 1 amide bonds. The molecule has 0 heterocycles. The number of oxime groups is 1. The molecule has 0 spiro atoms. The Morgan fingerprint density at radius 1 is 0.903 bits per heavy atom. The van der Waals surface area contributed by atoms with Gasteiger partial charge in [-0.1, -0.05) is 29.4 Å². The average Bonchev–Trinajstić information content (AvgIpc) is 2.82. The Labute approximate surface area is 181 Å².